The highest BCUT2D eigenvalue weighted by Crippen LogP contribution is 2.00. The van der Waals surface area contributed by atoms with Crippen molar-refractivity contribution in [3.8, 4) is 0 Å². The maximum absolute atomic E-state index is 11.1. The van der Waals surface area contributed by atoms with Crippen molar-refractivity contribution in [2.45, 2.75) is 20.4 Å². The number of hydrogen-bond acceptors (Lipinski definition) is 3. The van der Waals surface area contributed by atoms with E-state index < -0.39 is 0 Å². The number of aromatic nitrogens is 2. The Morgan fingerprint density at radius 1 is 1.64 bits per heavy atom. The SMILES string of the molecule is CCNC(=O)CNCc1cn[nH]c1C. The molecule has 1 heterocycles. The van der Waals surface area contributed by atoms with Gasteiger partial charge in [0.05, 0.1) is 12.7 Å². The van der Waals surface area contributed by atoms with Gasteiger partial charge in [-0.05, 0) is 13.8 Å². The minimum atomic E-state index is 0.0219. The summed E-state index contributed by atoms with van der Waals surface area (Å²) in [6.45, 7) is 5.54. The van der Waals surface area contributed by atoms with E-state index >= 15 is 0 Å². The lowest BCUT2D eigenvalue weighted by Crippen LogP contribution is -2.33. The molecular weight excluding hydrogens is 180 g/mol. The first-order chi connectivity index (χ1) is 6.74. The van der Waals surface area contributed by atoms with Crippen LogP contribution in [0.15, 0.2) is 6.20 Å². The molecule has 0 spiro atoms. The van der Waals surface area contributed by atoms with E-state index in [9.17, 15) is 4.79 Å². The van der Waals surface area contributed by atoms with Crippen LogP contribution in [0.25, 0.3) is 0 Å². The lowest BCUT2D eigenvalue weighted by Gasteiger charge is -2.03. The molecule has 0 radical (unpaired) electrons. The first-order valence-electron chi connectivity index (χ1n) is 4.70. The fraction of sp³-hybridized carbons (Fsp3) is 0.556. The average Bonchev–Trinajstić information content (AvgIpc) is 2.52. The van der Waals surface area contributed by atoms with Gasteiger partial charge in [0.2, 0.25) is 5.91 Å². The molecule has 0 unspecified atom stereocenters. The van der Waals surface area contributed by atoms with Crippen LogP contribution in [0.1, 0.15) is 18.2 Å². The second-order valence-electron chi connectivity index (χ2n) is 3.08. The third kappa shape index (κ3) is 3.18. The number of H-pyrrole nitrogens is 1. The molecule has 0 atom stereocenters. The summed E-state index contributed by atoms with van der Waals surface area (Å²) in [6, 6.07) is 0. The van der Waals surface area contributed by atoms with Crippen LogP contribution in [0.5, 0.6) is 0 Å². The number of nitrogens with zero attached hydrogens (tertiary/aromatic N) is 1. The van der Waals surface area contributed by atoms with Gasteiger partial charge < -0.3 is 10.6 Å². The van der Waals surface area contributed by atoms with E-state index in [0.717, 1.165) is 11.3 Å². The molecule has 0 bridgehead atoms. The van der Waals surface area contributed by atoms with E-state index in [1.54, 1.807) is 6.20 Å². The molecule has 1 rings (SSSR count). The predicted molar refractivity (Wildman–Crippen MR) is 53.7 cm³/mol. The maximum atomic E-state index is 11.1. The predicted octanol–water partition coefficient (Wildman–Crippen LogP) is -0.0562. The van der Waals surface area contributed by atoms with Crippen LogP contribution in [0, 0.1) is 6.92 Å². The van der Waals surface area contributed by atoms with Crippen molar-refractivity contribution in [1.82, 2.24) is 20.8 Å². The van der Waals surface area contributed by atoms with Crippen molar-refractivity contribution in [3.63, 3.8) is 0 Å². The maximum Gasteiger partial charge on any atom is 0.233 e. The van der Waals surface area contributed by atoms with Gasteiger partial charge in [0.25, 0.3) is 0 Å². The van der Waals surface area contributed by atoms with Gasteiger partial charge in [-0.2, -0.15) is 5.10 Å². The van der Waals surface area contributed by atoms with E-state index in [1.165, 1.54) is 0 Å². The number of nitrogens with one attached hydrogen (secondary N) is 3. The normalized spacial score (nSPS) is 10.1. The zero-order valence-electron chi connectivity index (χ0n) is 8.55. The van der Waals surface area contributed by atoms with E-state index in [-0.39, 0.29) is 5.91 Å². The van der Waals surface area contributed by atoms with E-state index in [1.807, 2.05) is 13.8 Å². The number of likely N-dealkylation sites (N-methyl/N-ethyl adjacent to an activating group) is 1. The summed E-state index contributed by atoms with van der Waals surface area (Å²) >= 11 is 0. The van der Waals surface area contributed by atoms with Crippen LogP contribution in [-0.4, -0.2) is 29.2 Å². The highest BCUT2D eigenvalue weighted by Gasteiger charge is 2.01. The van der Waals surface area contributed by atoms with E-state index in [4.69, 9.17) is 0 Å². The number of carbonyl (C=O) groups is 1. The van der Waals surface area contributed by atoms with Gasteiger partial charge in [-0.3, -0.25) is 9.89 Å². The summed E-state index contributed by atoms with van der Waals surface area (Å²) in [5.41, 5.74) is 2.13. The molecule has 0 saturated heterocycles. The molecule has 3 N–H and O–H groups in total. The first kappa shape index (κ1) is 10.7. The quantitative estimate of drug-likeness (QED) is 0.618. The standard InChI is InChI=1S/C9H16N4O/c1-3-11-9(14)6-10-4-8-5-12-13-7(8)2/h5,10H,3-4,6H2,1-2H3,(H,11,14)(H,12,13). The van der Waals surface area contributed by atoms with Gasteiger partial charge in [-0.25, -0.2) is 0 Å². The van der Waals surface area contributed by atoms with E-state index in [2.05, 4.69) is 20.8 Å². The molecule has 1 aromatic rings. The third-order valence-corrected chi connectivity index (χ3v) is 1.91. The first-order valence-corrected chi connectivity index (χ1v) is 4.70. The molecule has 0 aliphatic rings. The van der Waals surface area contributed by atoms with Crippen molar-refractivity contribution < 1.29 is 4.79 Å². The zero-order valence-corrected chi connectivity index (χ0v) is 8.55. The number of carbonyl (C=O) groups excluding carboxylic acids is 1. The lowest BCUT2D eigenvalue weighted by atomic mass is 10.2. The van der Waals surface area contributed by atoms with E-state index in [0.29, 0.717) is 19.6 Å². The topological polar surface area (TPSA) is 69.8 Å². The zero-order chi connectivity index (χ0) is 10.4. The van der Waals surface area contributed by atoms with Crippen molar-refractivity contribution >= 4 is 5.91 Å². The van der Waals surface area contributed by atoms with Crippen molar-refractivity contribution in [3.05, 3.63) is 17.5 Å². The second kappa shape index (κ2) is 5.39. The number of amides is 1. The number of aromatic amines is 1. The summed E-state index contributed by atoms with van der Waals surface area (Å²) in [5, 5.41) is 12.5. The minimum absolute atomic E-state index is 0.0219. The van der Waals surface area contributed by atoms with Crippen molar-refractivity contribution in [2.75, 3.05) is 13.1 Å². The van der Waals surface area contributed by atoms with Crippen LogP contribution in [0.4, 0.5) is 0 Å². The highest BCUT2D eigenvalue weighted by atomic mass is 16.1. The fourth-order valence-corrected chi connectivity index (χ4v) is 1.12. The van der Waals surface area contributed by atoms with Crippen LogP contribution < -0.4 is 10.6 Å². The number of hydrogen-bond donors (Lipinski definition) is 3. The van der Waals surface area contributed by atoms with Gasteiger partial charge in [0.1, 0.15) is 0 Å². The fourth-order valence-electron chi connectivity index (χ4n) is 1.12. The van der Waals surface area contributed by atoms with Crippen LogP contribution >= 0.6 is 0 Å². The number of rotatable bonds is 5. The summed E-state index contributed by atoms with van der Waals surface area (Å²) < 4.78 is 0. The average molecular weight is 196 g/mol. The minimum Gasteiger partial charge on any atom is -0.355 e. The Bertz CT molecular complexity index is 295. The Morgan fingerprint density at radius 2 is 2.43 bits per heavy atom. The molecule has 0 aliphatic carbocycles. The molecule has 0 aromatic carbocycles. The smallest absolute Gasteiger partial charge is 0.233 e. The molecule has 5 nitrogen and oxygen atoms in total. The van der Waals surface area contributed by atoms with Gasteiger partial charge in [-0.15, -0.1) is 0 Å². The van der Waals surface area contributed by atoms with Crippen LogP contribution in [0.3, 0.4) is 0 Å². The summed E-state index contributed by atoms with van der Waals surface area (Å²) in [5.74, 6) is 0.0219. The van der Waals surface area contributed by atoms with Gasteiger partial charge >= 0.3 is 0 Å². The van der Waals surface area contributed by atoms with Gasteiger partial charge in [-0.1, -0.05) is 0 Å². The molecule has 0 aliphatic heterocycles. The molecule has 78 valence electrons. The van der Waals surface area contributed by atoms with Crippen molar-refractivity contribution in [1.29, 1.82) is 0 Å². The molecule has 1 amide bonds. The monoisotopic (exact) mass is 196 g/mol. The summed E-state index contributed by atoms with van der Waals surface area (Å²) in [6.07, 6.45) is 1.76. The Morgan fingerprint density at radius 3 is 3.00 bits per heavy atom. The Kier molecular flexibility index (Phi) is 4.12. The second-order valence-corrected chi connectivity index (χ2v) is 3.08. The lowest BCUT2D eigenvalue weighted by molar-refractivity contribution is -0.120. The highest BCUT2D eigenvalue weighted by molar-refractivity contribution is 5.77. The summed E-state index contributed by atoms with van der Waals surface area (Å²) in [4.78, 5) is 11.1. The Hall–Kier alpha value is -1.36. The van der Waals surface area contributed by atoms with Crippen LogP contribution in [-0.2, 0) is 11.3 Å². The van der Waals surface area contributed by atoms with Gasteiger partial charge in [0.15, 0.2) is 0 Å². The third-order valence-electron chi connectivity index (χ3n) is 1.91. The molecule has 0 fully saturated rings. The summed E-state index contributed by atoms with van der Waals surface area (Å²) in [7, 11) is 0. The van der Waals surface area contributed by atoms with Gasteiger partial charge in [0, 0.05) is 24.3 Å². The Labute approximate surface area is 83.3 Å². The molecule has 0 saturated carbocycles. The van der Waals surface area contributed by atoms with Crippen LogP contribution in [0.2, 0.25) is 0 Å². The molecular formula is C9H16N4O. The van der Waals surface area contributed by atoms with Crippen molar-refractivity contribution in [2.24, 2.45) is 0 Å². The Balaban J connectivity index is 2.22. The molecule has 14 heavy (non-hydrogen) atoms. The molecule has 5 heteroatoms. The largest absolute Gasteiger partial charge is 0.355 e. The number of aryl methyl sites for hydroxylation is 1. The molecule has 1 aromatic heterocycles.